The van der Waals surface area contributed by atoms with Gasteiger partial charge in [-0.3, -0.25) is 4.79 Å². The van der Waals surface area contributed by atoms with E-state index in [1.807, 2.05) is 0 Å². The minimum atomic E-state index is -0.959. The molecule has 0 aromatic rings. The standard InChI is InChI=1S/C8H11ClO5/c1-2-8(12)14-6(9)5-13-4-3-7(10)11/h2,6H,1,3-5H2,(H,10,11). The van der Waals surface area contributed by atoms with E-state index in [1.165, 1.54) is 0 Å². The average Bonchev–Trinajstić information content (AvgIpc) is 2.12. The van der Waals surface area contributed by atoms with E-state index in [4.69, 9.17) is 21.4 Å². The number of esters is 1. The van der Waals surface area contributed by atoms with Gasteiger partial charge in [-0.15, -0.1) is 0 Å². The van der Waals surface area contributed by atoms with Crippen LogP contribution >= 0.6 is 11.6 Å². The predicted octanol–water partition coefficient (Wildman–Crippen LogP) is 0.772. The SMILES string of the molecule is C=CC(=O)OC(Cl)COCCC(=O)O. The van der Waals surface area contributed by atoms with Crippen LogP contribution in [0.1, 0.15) is 6.42 Å². The lowest BCUT2D eigenvalue weighted by molar-refractivity contribution is -0.143. The van der Waals surface area contributed by atoms with E-state index in [9.17, 15) is 9.59 Å². The van der Waals surface area contributed by atoms with Gasteiger partial charge in [-0.1, -0.05) is 18.2 Å². The average molecular weight is 223 g/mol. The molecule has 0 aliphatic heterocycles. The molecule has 0 aliphatic rings. The van der Waals surface area contributed by atoms with Gasteiger partial charge in [0.05, 0.1) is 19.6 Å². The Bertz CT molecular complexity index is 216. The molecule has 0 bridgehead atoms. The number of carbonyl (C=O) groups is 2. The van der Waals surface area contributed by atoms with Crippen molar-refractivity contribution in [3.05, 3.63) is 12.7 Å². The van der Waals surface area contributed by atoms with E-state index < -0.39 is 17.5 Å². The molecule has 0 fully saturated rings. The number of alkyl halides is 1. The maximum Gasteiger partial charge on any atom is 0.331 e. The Morgan fingerprint density at radius 2 is 2.21 bits per heavy atom. The molecule has 0 spiro atoms. The van der Waals surface area contributed by atoms with E-state index in [0.717, 1.165) is 6.08 Å². The Morgan fingerprint density at radius 1 is 1.57 bits per heavy atom. The fourth-order valence-corrected chi connectivity index (χ4v) is 0.721. The Hall–Kier alpha value is -1.07. The number of rotatable bonds is 7. The maximum absolute atomic E-state index is 10.6. The highest BCUT2D eigenvalue weighted by Crippen LogP contribution is 2.00. The number of hydrogen-bond acceptors (Lipinski definition) is 4. The molecule has 0 heterocycles. The molecule has 0 saturated heterocycles. The summed E-state index contributed by atoms with van der Waals surface area (Å²) in [4.78, 5) is 20.6. The summed E-state index contributed by atoms with van der Waals surface area (Å²) in [6.07, 6.45) is 0.867. The molecule has 0 radical (unpaired) electrons. The third-order valence-electron chi connectivity index (χ3n) is 1.12. The second-order valence-electron chi connectivity index (χ2n) is 2.27. The van der Waals surface area contributed by atoms with Gasteiger partial charge in [0.2, 0.25) is 0 Å². The molecule has 1 N–H and O–H groups in total. The molecule has 5 nitrogen and oxygen atoms in total. The zero-order valence-electron chi connectivity index (χ0n) is 7.44. The molecule has 0 amide bonds. The zero-order chi connectivity index (χ0) is 11.0. The lowest BCUT2D eigenvalue weighted by Crippen LogP contribution is -2.17. The van der Waals surface area contributed by atoms with Crippen molar-refractivity contribution in [2.24, 2.45) is 0 Å². The van der Waals surface area contributed by atoms with Gasteiger partial charge >= 0.3 is 11.9 Å². The number of carbonyl (C=O) groups excluding carboxylic acids is 1. The van der Waals surface area contributed by atoms with Crippen LogP contribution < -0.4 is 0 Å². The summed E-state index contributed by atoms with van der Waals surface area (Å²) in [5.41, 5.74) is -0.922. The van der Waals surface area contributed by atoms with E-state index >= 15 is 0 Å². The molecule has 0 aliphatic carbocycles. The number of carboxylic acids is 1. The van der Waals surface area contributed by atoms with Crippen LogP contribution in [0.3, 0.4) is 0 Å². The fourth-order valence-electron chi connectivity index (χ4n) is 0.544. The largest absolute Gasteiger partial charge is 0.481 e. The predicted molar refractivity (Wildman–Crippen MR) is 49.0 cm³/mol. The monoisotopic (exact) mass is 222 g/mol. The van der Waals surface area contributed by atoms with Crippen LogP contribution in [-0.2, 0) is 19.1 Å². The van der Waals surface area contributed by atoms with Crippen LogP contribution in [0.15, 0.2) is 12.7 Å². The lowest BCUT2D eigenvalue weighted by atomic mass is 10.5. The van der Waals surface area contributed by atoms with E-state index in [0.29, 0.717) is 0 Å². The van der Waals surface area contributed by atoms with E-state index in [2.05, 4.69) is 11.3 Å². The molecule has 1 atom stereocenters. The van der Waals surface area contributed by atoms with Crippen molar-refractivity contribution in [2.75, 3.05) is 13.2 Å². The van der Waals surface area contributed by atoms with Crippen LogP contribution in [0, 0.1) is 0 Å². The van der Waals surface area contributed by atoms with Gasteiger partial charge < -0.3 is 14.6 Å². The van der Waals surface area contributed by atoms with Gasteiger partial charge in [-0.2, -0.15) is 0 Å². The van der Waals surface area contributed by atoms with Crippen molar-refractivity contribution in [1.82, 2.24) is 0 Å². The van der Waals surface area contributed by atoms with Crippen LogP contribution in [-0.4, -0.2) is 35.8 Å². The van der Waals surface area contributed by atoms with Crippen LogP contribution in [0.2, 0.25) is 0 Å². The summed E-state index contributed by atoms with van der Waals surface area (Å²) < 4.78 is 9.37. The van der Waals surface area contributed by atoms with Gasteiger partial charge in [0.1, 0.15) is 0 Å². The highest BCUT2D eigenvalue weighted by Gasteiger charge is 2.08. The molecule has 6 heteroatoms. The Kier molecular flexibility index (Phi) is 6.78. The molecule has 0 aromatic heterocycles. The number of hydrogen-bond donors (Lipinski definition) is 1. The molecule has 0 rings (SSSR count). The summed E-state index contributed by atoms with van der Waals surface area (Å²) in [5.74, 6) is -1.61. The molecular formula is C8H11ClO5. The van der Waals surface area contributed by atoms with Crippen molar-refractivity contribution >= 4 is 23.5 Å². The van der Waals surface area contributed by atoms with Crippen molar-refractivity contribution < 1.29 is 24.2 Å². The van der Waals surface area contributed by atoms with Gasteiger partial charge in [-0.05, 0) is 0 Å². The summed E-state index contributed by atoms with van der Waals surface area (Å²) in [5, 5.41) is 8.25. The molecule has 14 heavy (non-hydrogen) atoms. The normalized spacial score (nSPS) is 11.8. The van der Waals surface area contributed by atoms with E-state index in [1.54, 1.807) is 0 Å². The smallest absolute Gasteiger partial charge is 0.331 e. The third kappa shape index (κ3) is 7.57. The second-order valence-corrected chi connectivity index (χ2v) is 2.76. The second kappa shape index (κ2) is 7.34. The van der Waals surface area contributed by atoms with Crippen LogP contribution in [0.5, 0.6) is 0 Å². The number of carboxylic acid groups (broad SMARTS) is 1. The van der Waals surface area contributed by atoms with Gasteiger partial charge in [0.25, 0.3) is 0 Å². The first-order chi connectivity index (χ1) is 6.56. The number of aliphatic carboxylic acids is 1. The van der Waals surface area contributed by atoms with Crippen molar-refractivity contribution in [3.63, 3.8) is 0 Å². The third-order valence-corrected chi connectivity index (χ3v) is 1.33. The minimum absolute atomic E-state index is 0.0319. The topological polar surface area (TPSA) is 72.8 Å². The highest BCUT2D eigenvalue weighted by atomic mass is 35.5. The number of halogens is 1. The van der Waals surface area contributed by atoms with Gasteiger partial charge in [0, 0.05) is 6.08 Å². The number of ether oxygens (including phenoxy) is 2. The van der Waals surface area contributed by atoms with Crippen molar-refractivity contribution in [3.8, 4) is 0 Å². The molecule has 80 valence electrons. The highest BCUT2D eigenvalue weighted by molar-refractivity contribution is 6.20. The van der Waals surface area contributed by atoms with Crippen molar-refractivity contribution in [1.29, 1.82) is 0 Å². The maximum atomic E-state index is 10.6. The first-order valence-corrected chi connectivity index (χ1v) is 4.26. The Morgan fingerprint density at radius 3 is 2.71 bits per heavy atom. The quantitative estimate of drug-likeness (QED) is 0.298. The molecule has 1 unspecified atom stereocenters. The molecular weight excluding hydrogens is 212 g/mol. The fraction of sp³-hybridized carbons (Fsp3) is 0.500. The summed E-state index contributed by atoms with van der Waals surface area (Å²) in [6, 6.07) is 0. The minimum Gasteiger partial charge on any atom is -0.481 e. The van der Waals surface area contributed by atoms with Gasteiger partial charge in [0.15, 0.2) is 5.56 Å². The first kappa shape index (κ1) is 12.9. The Labute approximate surface area is 86.3 Å². The molecule has 0 aromatic carbocycles. The first-order valence-electron chi connectivity index (χ1n) is 3.83. The van der Waals surface area contributed by atoms with Crippen LogP contribution in [0.4, 0.5) is 0 Å². The summed E-state index contributed by atoms with van der Waals surface area (Å²) >= 11 is 5.51. The van der Waals surface area contributed by atoms with Crippen molar-refractivity contribution in [2.45, 2.75) is 12.0 Å². The Balaban J connectivity index is 3.44. The van der Waals surface area contributed by atoms with Gasteiger partial charge in [-0.25, -0.2) is 4.79 Å². The summed E-state index contributed by atoms with van der Waals surface area (Å²) in [7, 11) is 0. The lowest BCUT2D eigenvalue weighted by Gasteiger charge is -2.09. The van der Waals surface area contributed by atoms with E-state index in [-0.39, 0.29) is 19.6 Å². The molecule has 0 saturated carbocycles. The zero-order valence-corrected chi connectivity index (χ0v) is 8.20. The summed E-state index contributed by atoms with van der Waals surface area (Å²) in [6.45, 7) is 3.17. The van der Waals surface area contributed by atoms with Crippen LogP contribution in [0.25, 0.3) is 0 Å².